The molecule has 1 fully saturated rings. The van der Waals surface area contributed by atoms with Crippen molar-refractivity contribution in [1.29, 1.82) is 0 Å². The molecule has 0 aliphatic carbocycles. The van der Waals surface area contributed by atoms with E-state index in [1.807, 2.05) is 48.0 Å². The highest BCUT2D eigenvalue weighted by Gasteiger charge is 2.34. The topological polar surface area (TPSA) is 56.2 Å². The number of hydrogen-bond donors (Lipinski definition) is 1. The van der Waals surface area contributed by atoms with Gasteiger partial charge < -0.3 is 14.6 Å². The molecule has 0 bridgehead atoms. The largest absolute Gasteiger partial charge is 0.380 e. The summed E-state index contributed by atoms with van der Waals surface area (Å²) in [4.78, 5) is 17.0. The van der Waals surface area contributed by atoms with E-state index in [1.165, 1.54) is 0 Å². The lowest BCUT2D eigenvalue weighted by molar-refractivity contribution is -0.128. The molecule has 116 valence electrons. The van der Waals surface area contributed by atoms with Gasteiger partial charge in [-0.2, -0.15) is 0 Å². The van der Waals surface area contributed by atoms with E-state index in [1.54, 1.807) is 6.20 Å². The van der Waals surface area contributed by atoms with Gasteiger partial charge in [0.05, 0.1) is 13.2 Å². The molecule has 1 aliphatic rings. The van der Waals surface area contributed by atoms with Crippen LogP contribution in [0.4, 0.5) is 0 Å². The molecule has 5 heteroatoms. The van der Waals surface area contributed by atoms with Crippen LogP contribution in [0, 0.1) is 12.3 Å². The first-order valence-electron chi connectivity index (χ1n) is 7.49. The molecule has 1 amide bonds. The van der Waals surface area contributed by atoms with Crippen LogP contribution in [0.25, 0.3) is 0 Å². The predicted octanol–water partition coefficient (Wildman–Crippen LogP) is 1.93. The first-order valence-corrected chi connectivity index (χ1v) is 7.49. The molecule has 1 aliphatic heterocycles. The summed E-state index contributed by atoms with van der Waals surface area (Å²) in [5, 5.41) is 3.07. The Kier molecular flexibility index (Phi) is 3.98. The lowest BCUT2D eigenvalue weighted by atomic mass is 9.88. The van der Waals surface area contributed by atoms with Gasteiger partial charge in [-0.15, -0.1) is 0 Å². The zero-order valence-electron chi connectivity index (χ0n) is 13.0. The number of benzene rings is 1. The average molecular weight is 299 g/mol. The minimum atomic E-state index is -0.395. The zero-order valence-corrected chi connectivity index (χ0v) is 13.0. The van der Waals surface area contributed by atoms with E-state index < -0.39 is 6.04 Å². The monoisotopic (exact) mass is 299 g/mol. The number of nitrogens with zero attached hydrogens (tertiary/aromatic N) is 2. The SMILES string of the molecule is Cc1nccn1[C@@H](C(=O)NCC1(C)COC1)c1ccccc1. The van der Waals surface area contributed by atoms with E-state index in [9.17, 15) is 4.79 Å². The van der Waals surface area contributed by atoms with Gasteiger partial charge >= 0.3 is 0 Å². The van der Waals surface area contributed by atoms with Gasteiger partial charge in [0.2, 0.25) is 5.91 Å². The second-order valence-corrected chi connectivity index (χ2v) is 6.22. The van der Waals surface area contributed by atoms with Crippen LogP contribution in [-0.2, 0) is 9.53 Å². The Hall–Kier alpha value is -2.14. The van der Waals surface area contributed by atoms with Gasteiger partial charge in [0, 0.05) is 24.4 Å². The molecule has 0 unspecified atom stereocenters. The second-order valence-electron chi connectivity index (χ2n) is 6.22. The van der Waals surface area contributed by atoms with Crippen LogP contribution in [0.15, 0.2) is 42.7 Å². The molecule has 22 heavy (non-hydrogen) atoms. The molecule has 3 rings (SSSR count). The second kappa shape index (κ2) is 5.93. The summed E-state index contributed by atoms with van der Waals surface area (Å²) in [5.41, 5.74) is 1.01. The number of rotatable bonds is 5. The molecule has 1 atom stereocenters. The Morgan fingerprint density at radius 3 is 2.68 bits per heavy atom. The lowest BCUT2D eigenvalue weighted by Crippen LogP contribution is -2.49. The maximum absolute atomic E-state index is 12.8. The highest BCUT2D eigenvalue weighted by atomic mass is 16.5. The molecule has 0 saturated carbocycles. The number of carbonyl (C=O) groups excluding carboxylic acids is 1. The van der Waals surface area contributed by atoms with Crippen molar-refractivity contribution in [2.24, 2.45) is 5.41 Å². The number of imidazole rings is 1. The fourth-order valence-corrected chi connectivity index (χ4v) is 2.68. The Morgan fingerprint density at radius 1 is 1.41 bits per heavy atom. The molecular formula is C17H21N3O2. The first-order chi connectivity index (χ1) is 10.6. The van der Waals surface area contributed by atoms with E-state index in [0.717, 1.165) is 11.4 Å². The van der Waals surface area contributed by atoms with Crippen LogP contribution in [0.5, 0.6) is 0 Å². The van der Waals surface area contributed by atoms with Crippen LogP contribution in [0.1, 0.15) is 24.4 Å². The summed E-state index contributed by atoms with van der Waals surface area (Å²) >= 11 is 0. The highest BCUT2D eigenvalue weighted by molar-refractivity contribution is 5.83. The van der Waals surface area contributed by atoms with Gasteiger partial charge in [-0.25, -0.2) is 4.98 Å². The van der Waals surface area contributed by atoms with Crippen LogP contribution in [0.3, 0.4) is 0 Å². The minimum Gasteiger partial charge on any atom is -0.380 e. The molecule has 1 aromatic heterocycles. The summed E-state index contributed by atoms with van der Waals surface area (Å²) in [5.74, 6) is 0.808. The van der Waals surface area contributed by atoms with Crippen molar-refractivity contribution in [2.45, 2.75) is 19.9 Å². The standard InChI is InChI=1S/C17H21N3O2/c1-13-18-8-9-20(13)15(14-6-4-3-5-7-14)16(21)19-10-17(2)11-22-12-17/h3-9,15H,10-12H2,1-2H3,(H,19,21)/t15-/m1/s1. The first kappa shape index (κ1) is 14.8. The Balaban J connectivity index is 1.82. The van der Waals surface area contributed by atoms with Crippen molar-refractivity contribution in [2.75, 3.05) is 19.8 Å². The summed E-state index contributed by atoms with van der Waals surface area (Å²) in [7, 11) is 0. The lowest BCUT2D eigenvalue weighted by Gasteiger charge is -2.38. The quantitative estimate of drug-likeness (QED) is 0.918. The highest BCUT2D eigenvalue weighted by Crippen LogP contribution is 2.26. The normalized spacial score (nSPS) is 17.5. The molecule has 1 aromatic carbocycles. The summed E-state index contributed by atoms with van der Waals surface area (Å²) in [6.07, 6.45) is 3.57. The van der Waals surface area contributed by atoms with Crippen LogP contribution >= 0.6 is 0 Å². The molecule has 1 saturated heterocycles. The van der Waals surface area contributed by atoms with Crippen molar-refractivity contribution in [3.63, 3.8) is 0 Å². The number of nitrogens with one attached hydrogen (secondary N) is 1. The van der Waals surface area contributed by atoms with Gasteiger partial charge in [0.15, 0.2) is 0 Å². The van der Waals surface area contributed by atoms with Gasteiger partial charge in [-0.1, -0.05) is 37.3 Å². The third-order valence-electron chi connectivity index (χ3n) is 4.09. The fourth-order valence-electron chi connectivity index (χ4n) is 2.68. The summed E-state index contributed by atoms with van der Waals surface area (Å²) in [6.45, 7) is 6.06. The molecule has 2 aromatic rings. The molecule has 0 radical (unpaired) electrons. The smallest absolute Gasteiger partial charge is 0.247 e. The van der Waals surface area contributed by atoms with Crippen molar-refractivity contribution < 1.29 is 9.53 Å². The van der Waals surface area contributed by atoms with Gasteiger partial charge in [0.25, 0.3) is 0 Å². The van der Waals surface area contributed by atoms with Crippen molar-refractivity contribution in [3.8, 4) is 0 Å². The maximum Gasteiger partial charge on any atom is 0.247 e. The Bertz CT molecular complexity index is 647. The molecule has 5 nitrogen and oxygen atoms in total. The number of amides is 1. The van der Waals surface area contributed by atoms with Crippen molar-refractivity contribution >= 4 is 5.91 Å². The van der Waals surface area contributed by atoms with Crippen molar-refractivity contribution in [1.82, 2.24) is 14.9 Å². The van der Waals surface area contributed by atoms with Gasteiger partial charge in [0.1, 0.15) is 11.9 Å². The van der Waals surface area contributed by atoms with E-state index >= 15 is 0 Å². The van der Waals surface area contributed by atoms with Crippen molar-refractivity contribution in [3.05, 3.63) is 54.1 Å². The predicted molar refractivity (Wildman–Crippen MR) is 83.5 cm³/mol. The van der Waals surface area contributed by atoms with Crippen LogP contribution in [-0.4, -0.2) is 35.2 Å². The number of hydrogen-bond acceptors (Lipinski definition) is 3. The Morgan fingerprint density at radius 2 is 2.14 bits per heavy atom. The minimum absolute atomic E-state index is 0.0135. The molecular weight excluding hydrogens is 278 g/mol. The van der Waals surface area contributed by atoms with E-state index in [-0.39, 0.29) is 11.3 Å². The van der Waals surface area contributed by atoms with E-state index in [2.05, 4.69) is 17.2 Å². The number of aryl methyl sites for hydroxylation is 1. The number of carbonyl (C=O) groups is 1. The van der Waals surface area contributed by atoms with Crippen LogP contribution in [0.2, 0.25) is 0 Å². The van der Waals surface area contributed by atoms with Crippen LogP contribution < -0.4 is 5.32 Å². The molecule has 2 heterocycles. The third kappa shape index (κ3) is 2.90. The maximum atomic E-state index is 12.8. The van der Waals surface area contributed by atoms with Gasteiger partial charge in [-0.05, 0) is 12.5 Å². The number of aromatic nitrogens is 2. The third-order valence-corrected chi connectivity index (χ3v) is 4.09. The van der Waals surface area contributed by atoms with E-state index in [0.29, 0.717) is 19.8 Å². The van der Waals surface area contributed by atoms with Gasteiger partial charge in [-0.3, -0.25) is 4.79 Å². The molecule has 0 spiro atoms. The zero-order chi connectivity index (χ0) is 15.6. The average Bonchev–Trinajstić information content (AvgIpc) is 2.91. The molecule has 1 N–H and O–H groups in total. The fraction of sp³-hybridized carbons (Fsp3) is 0.412. The number of ether oxygens (including phenoxy) is 1. The Labute approximate surface area is 130 Å². The van der Waals surface area contributed by atoms with E-state index in [4.69, 9.17) is 4.74 Å². The summed E-state index contributed by atoms with van der Waals surface area (Å²) in [6, 6.07) is 9.39. The summed E-state index contributed by atoms with van der Waals surface area (Å²) < 4.78 is 7.15.